The lowest BCUT2D eigenvalue weighted by molar-refractivity contribution is 0.414. The van der Waals surface area contributed by atoms with Gasteiger partial charge in [-0.3, -0.25) is 0 Å². The van der Waals surface area contributed by atoms with Crippen molar-refractivity contribution < 1.29 is 13.9 Å². The van der Waals surface area contributed by atoms with Crippen molar-refractivity contribution in [3.8, 4) is 33.9 Å². The topological polar surface area (TPSA) is 64.5 Å². The lowest BCUT2D eigenvalue weighted by Gasteiger charge is -2.07. The van der Waals surface area contributed by atoms with Gasteiger partial charge in [-0.2, -0.15) is 0 Å². The Morgan fingerprint density at radius 2 is 1.37 bits per heavy atom. The SMILES string of the molecule is COc1ccc(-c2[nH]c3c(c2-c2ccc(OC)cc2)c(=O)oc2ccccc23)cc1. The van der Waals surface area contributed by atoms with Crippen molar-refractivity contribution in [1.82, 2.24) is 4.98 Å². The van der Waals surface area contributed by atoms with Gasteiger partial charge in [-0.25, -0.2) is 4.79 Å². The Hall–Kier alpha value is -3.99. The number of rotatable bonds is 4. The molecule has 148 valence electrons. The molecule has 0 spiro atoms. The quantitative estimate of drug-likeness (QED) is 0.400. The maximum atomic E-state index is 13.0. The number of hydrogen-bond acceptors (Lipinski definition) is 4. The van der Waals surface area contributed by atoms with E-state index in [0.29, 0.717) is 11.0 Å². The molecule has 0 bridgehead atoms. The van der Waals surface area contributed by atoms with E-state index in [1.165, 1.54) is 0 Å². The van der Waals surface area contributed by atoms with Crippen LogP contribution in [0, 0.1) is 0 Å². The van der Waals surface area contributed by atoms with E-state index in [1.54, 1.807) is 20.3 Å². The second kappa shape index (κ2) is 7.12. The lowest BCUT2D eigenvalue weighted by atomic mass is 9.98. The molecule has 0 saturated carbocycles. The van der Waals surface area contributed by atoms with Crippen molar-refractivity contribution in [3.05, 3.63) is 83.2 Å². The molecule has 1 N–H and O–H groups in total. The van der Waals surface area contributed by atoms with Gasteiger partial charge in [-0.15, -0.1) is 0 Å². The van der Waals surface area contributed by atoms with Crippen LogP contribution in [-0.2, 0) is 0 Å². The fourth-order valence-corrected chi connectivity index (χ4v) is 3.84. The number of para-hydroxylation sites is 1. The summed E-state index contributed by atoms with van der Waals surface area (Å²) < 4.78 is 16.2. The monoisotopic (exact) mass is 397 g/mol. The molecule has 5 aromatic rings. The molecule has 2 heterocycles. The van der Waals surface area contributed by atoms with Gasteiger partial charge < -0.3 is 18.9 Å². The molecule has 0 unspecified atom stereocenters. The highest BCUT2D eigenvalue weighted by Gasteiger charge is 2.21. The van der Waals surface area contributed by atoms with Crippen molar-refractivity contribution in [2.24, 2.45) is 0 Å². The van der Waals surface area contributed by atoms with Gasteiger partial charge in [-0.05, 0) is 59.7 Å². The van der Waals surface area contributed by atoms with Crippen LogP contribution in [0.15, 0.2) is 82.0 Å². The number of ether oxygens (including phenoxy) is 2. The Labute approximate surface area is 172 Å². The molecule has 0 aliphatic heterocycles. The molecule has 2 aromatic heterocycles. The second-order valence-electron chi connectivity index (χ2n) is 6.97. The minimum atomic E-state index is -0.370. The molecule has 5 nitrogen and oxygen atoms in total. The first kappa shape index (κ1) is 18.1. The number of hydrogen-bond donors (Lipinski definition) is 1. The van der Waals surface area contributed by atoms with Crippen molar-refractivity contribution in [3.63, 3.8) is 0 Å². The molecule has 0 aliphatic rings. The number of aromatic amines is 1. The Morgan fingerprint density at radius 3 is 2.00 bits per heavy atom. The smallest absolute Gasteiger partial charge is 0.346 e. The van der Waals surface area contributed by atoms with Gasteiger partial charge >= 0.3 is 5.63 Å². The van der Waals surface area contributed by atoms with Crippen molar-refractivity contribution in [2.45, 2.75) is 0 Å². The van der Waals surface area contributed by atoms with Crippen molar-refractivity contribution in [2.75, 3.05) is 14.2 Å². The summed E-state index contributed by atoms with van der Waals surface area (Å²) in [6.07, 6.45) is 0. The fourth-order valence-electron chi connectivity index (χ4n) is 3.84. The summed E-state index contributed by atoms with van der Waals surface area (Å²) in [6, 6.07) is 23.0. The minimum absolute atomic E-state index is 0.370. The Morgan fingerprint density at radius 1 is 0.767 bits per heavy atom. The highest BCUT2D eigenvalue weighted by Crippen LogP contribution is 2.39. The zero-order valence-corrected chi connectivity index (χ0v) is 16.6. The molecule has 3 aromatic carbocycles. The van der Waals surface area contributed by atoms with Crippen LogP contribution >= 0.6 is 0 Å². The number of benzene rings is 3. The first-order valence-electron chi connectivity index (χ1n) is 9.56. The summed E-state index contributed by atoms with van der Waals surface area (Å²) in [5.41, 5.74) is 4.44. The van der Waals surface area contributed by atoms with Crippen LogP contribution in [0.5, 0.6) is 11.5 Å². The van der Waals surface area contributed by atoms with Gasteiger partial charge in [-0.1, -0.05) is 24.3 Å². The first-order valence-corrected chi connectivity index (χ1v) is 9.56. The van der Waals surface area contributed by atoms with E-state index in [-0.39, 0.29) is 5.63 Å². The maximum absolute atomic E-state index is 13.0. The maximum Gasteiger partial charge on any atom is 0.346 e. The number of fused-ring (bicyclic) bond motifs is 3. The average molecular weight is 397 g/mol. The molecule has 0 fully saturated rings. The number of aromatic nitrogens is 1. The standard InChI is InChI=1S/C25H19NO4/c1-28-17-11-7-15(8-12-17)21-22-24(19-5-3-4-6-20(19)30-25(22)27)26-23(21)16-9-13-18(29-2)14-10-16/h3-14,26H,1-2H3. The molecule has 0 atom stereocenters. The van der Waals surface area contributed by atoms with Crippen molar-refractivity contribution in [1.29, 1.82) is 0 Å². The number of H-pyrrole nitrogens is 1. The Kier molecular flexibility index (Phi) is 4.29. The van der Waals surface area contributed by atoms with E-state index in [4.69, 9.17) is 13.9 Å². The molecular weight excluding hydrogens is 378 g/mol. The van der Waals surface area contributed by atoms with Crippen LogP contribution < -0.4 is 15.1 Å². The summed E-state index contributed by atoms with van der Waals surface area (Å²) >= 11 is 0. The molecule has 0 aliphatic carbocycles. The van der Waals surface area contributed by atoms with E-state index in [2.05, 4.69) is 4.98 Å². The molecule has 0 amide bonds. The third-order valence-electron chi connectivity index (χ3n) is 5.32. The Bertz CT molecular complexity index is 1410. The third-order valence-corrected chi connectivity index (χ3v) is 5.32. The van der Waals surface area contributed by atoms with Gasteiger partial charge in [0.2, 0.25) is 0 Å². The summed E-state index contributed by atoms with van der Waals surface area (Å²) in [5.74, 6) is 1.52. The van der Waals surface area contributed by atoms with Crippen LogP contribution in [0.2, 0.25) is 0 Å². The van der Waals surface area contributed by atoms with Crippen LogP contribution in [0.3, 0.4) is 0 Å². The Balaban J connectivity index is 1.87. The predicted octanol–water partition coefficient (Wildman–Crippen LogP) is 5.63. The summed E-state index contributed by atoms with van der Waals surface area (Å²) in [6.45, 7) is 0. The van der Waals surface area contributed by atoms with Gasteiger partial charge in [0.25, 0.3) is 0 Å². The zero-order chi connectivity index (χ0) is 20.7. The minimum Gasteiger partial charge on any atom is -0.497 e. The summed E-state index contributed by atoms with van der Waals surface area (Å²) in [5, 5.41) is 1.39. The molecule has 0 radical (unpaired) electrons. The van der Waals surface area contributed by atoms with E-state index >= 15 is 0 Å². The van der Waals surface area contributed by atoms with Gasteiger partial charge in [0.1, 0.15) is 17.1 Å². The van der Waals surface area contributed by atoms with Crippen LogP contribution in [0.25, 0.3) is 44.3 Å². The first-order chi connectivity index (χ1) is 14.7. The second-order valence-corrected chi connectivity index (χ2v) is 6.97. The number of methoxy groups -OCH3 is 2. The van der Waals surface area contributed by atoms with E-state index in [1.807, 2.05) is 66.7 Å². The molecule has 0 saturated heterocycles. The van der Waals surface area contributed by atoms with Gasteiger partial charge in [0, 0.05) is 10.9 Å². The summed E-state index contributed by atoms with van der Waals surface area (Å²) in [7, 11) is 3.27. The van der Waals surface area contributed by atoms with E-state index in [0.717, 1.165) is 44.8 Å². The predicted molar refractivity (Wildman–Crippen MR) is 118 cm³/mol. The highest BCUT2D eigenvalue weighted by molar-refractivity contribution is 6.12. The van der Waals surface area contributed by atoms with E-state index in [9.17, 15) is 4.79 Å². The third kappa shape index (κ3) is 2.83. The van der Waals surface area contributed by atoms with Gasteiger partial charge in [0.15, 0.2) is 0 Å². The average Bonchev–Trinajstić information content (AvgIpc) is 3.21. The lowest BCUT2D eigenvalue weighted by Crippen LogP contribution is -1.99. The molecule has 5 heteroatoms. The van der Waals surface area contributed by atoms with Crippen LogP contribution in [-0.4, -0.2) is 19.2 Å². The van der Waals surface area contributed by atoms with Crippen molar-refractivity contribution >= 4 is 21.9 Å². The largest absolute Gasteiger partial charge is 0.497 e. The highest BCUT2D eigenvalue weighted by atomic mass is 16.5. The summed E-state index contributed by atoms with van der Waals surface area (Å²) in [4.78, 5) is 16.5. The van der Waals surface area contributed by atoms with Crippen LogP contribution in [0.1, 0.15) is 0 Å². The number of nitrogens with one attached hydrogen (secondary N) is 1. The molecule has 5 rings (SSSR count). The molecule has 30 heavy (non-hydrogen) atoms. The zero-order valence-electron chi connectivity index (χ0n) is 16.6. The van der Waals surface area contributed by atoms with E-state index < -0.39 is 0 Å². The normalized spacial score (nSPS) is 11.1. The fraction of sp³-hybridized carbons (Fsp3) is 0.0800. The van der Waals surface area contributed by atoms with Crippen LogP contribution in [0.4, 0.5) is 0 Å². The van der Waals surface area contributed by atoms with Gasteiger partial charge in [0.05, 0.1) is 30.8 Å². The molecular formula is C25H19NO4.